The minimum Gasteiger partial charge on any atom is -0.451 e. The molecule has 1 atom stereocenters. The molecule has 0 saturated heterocycles. The predicted molar refractivity (Wildman–Crippen MR) is 120 cm³/mol. The number of nitrogens with zero attached hydrogens (tertiary/aromatic N) is 1. The number of carbonyl (C=O) groups is 4. The van der Waals surface area contributed by atoms with Gasteiger partial charge in [-0.2, -0.15) is 0 Å². The monoisotopic (exact) mass is 442 g/mol. The highest BCUT2D eigenvalue weighted by Crippen LogP contribution is 2.23. The van der Waals surface area contributed by atoms with Crippen LogP contribution in [0.25, 0.3) is 0 Å². The van der Waals surface area contributed by atoms with E-state index in [2.05, 4.69) is 5.32 Å². The third kappa shape index (κ3) is 4.67. The lowest BCUT2D eigenvalue weighted by atomic mass is 9.98. The molecule has 3 amide bonds. The second-order valence-electron chi connectivity index (χ2n) is 7.64. The van der Waals surface area contributed by atoms with Gasteiger partial charge in [0, 0.05) is 0 Å². The smallest absolute Gasteiger partial charge is 0.326 e. The molecule has 1 heterocycles. The standard InChI is InChI=1S/C26H22N2O5/c1-17(33-22(29)16-28-25(31)20-14-8-9-15-21(20)26(28)32)24(30)27-23(18-10-4-2-5-11-18)19-12-6-3-7-13-19/h2-15,17,23H,16H2,1H3,(H,27,30). The van der Waals surface area contributed by atoms with Crippen molar-refractivity contribution in [1.82, 2.24) is 10.2 Å². The van der Waals surface area contributed by atoms with Gasteiger partial charge >= 0.3 is 5.97 Å². The van der Waals surface area contributed by atoms with Crippen molar-refractivity contribution in [3.05, 3.63) is 107 Å². The van der Waals surface area contributed by atoms with Crippen LogP contribution < -0.4 is 5.32 Å². The average molecular weight is 442 g/mol. The quantitative estimate of drug-likeness (QED) is 0.448. The Morgan fingerprint density at radius 2 is 1.24 bits per heavy atom. The van der Waals surface area contributed by atoms with Crippen molar-refractivity contribution in [3.63, 3.8) is 0 Å². The fourth-order valence-corrected chi connectivity index (χ4v) is 3.71. The number of rotatable bonds is 7. The minimum absolute atomic E-state index is 0.245. The molecular weight excluding hydrogens is 420 g/mol. The van der Waals surface area contributed by atoms with E-state index in [1.54, 1.807) is 12.1 Å². The number of nitrogens with one attached hydrogen (secondary N) is 1. The molecule has 166 valence electrons. The van der Waals surface area contributed by atoms with Gasteiger partial charge in [0.15, 0.2) is 6.10 Å². The highest BCUT2D eigenvalue weighted by Gasteiger charge is 2.37. The minimum atomic E-state index is -1.12. The molecule has 1 unspecified atom stereocenters. The van der Waals surface area contributed by atoms with Crippen LogP contribution in [0.15, 0.2) is 84.9 Å². The van der Waals surface area contributed by atoms with Crippen molar-refractivity contribution in [2.45, 2.75) is 19.1 Å². The van der Waals surface area contributed by atoms with Crippen LogP contribution in [0.3, 0.4) is 0 Å². The summed E-state index contributed by atoms with van der Waals surface area (Å²) in [6.07, 6.45) is -1.12. The Labute approximate surface area is 191 Å². The molecule has 0 spiro atoms. The SMILES string of the molecule is CC(OC(=O)CN1C(=O)c2ccccc2C1=O)C(=O)NC(c1ccccc1)c1ccccc1. The summed E-state index contributed by atoms with van der Waals surface area (Å²) in [7, 11) is 0. The highest BCUT2D eigenvalue weighted by molar-refractivity contribution is 6.22. The molecule has 0 aliphatic carbocycles. The van der Waals surface area contributed by atoms with Crippen LogP contribution >= 0.6 is 0 Å². The molecule has 1 aliphatic rings. The maximum atomic E-state index is 12.8. The number of carbonyl (C=O) groups excluding carboxylic acids is 4. The lowest BCUT2D eigenvalue weighted by Gasteiger charge is -2.22. The van der Waals surface area contributed by atoms with Gasteiger partial charge in [0.25, 0.3) is 17.7 Å². The van der Waals surface area contributed by atoms with E-state index in [0.717, 1.165) is 16.0 Å². The molecule has 0 bridgehead atoms. The molecule has 3 aromatic carbocycles. The summed E-state index contributed by atoms with van der Waals surface area (Å²) in [4.78, 5) is 51.0. The van der Waals surface area contributed by atoms with Gasteiger partial charge in [0.05, 0.1) is 17.2 Å². The van der Waals surface area contributed by atoms with Gasteiger partial charge in [-0.05, 0) is 30.2 Å². The Morgan fingerprint density at radius 1 is 0.788 bits per heavy atom. The lowest BCUT2D eigenvalue weighted by Crippen LogP contribution is -2.41. The summed E-state index contributed by atoms with van der Waals surface area (Å²) in [5.41, 5.74) is 2.24. The van der Waals surface area contributed by atoms with Crippen molar-refractivity contribution in [3.8, 4) is 0 Å². The normalized spacial score (nSPS) is 13.6. The van der Waals surface area contributed by atoms with Crippen LogP contribution in [0.5, 0.6) is 0 Å². The van der Waals surface area contributed by atoms with Crippen LogP contribution in [0.2, 0.25) is 0 Å². The Hall–Kier alpha value is -4.26. The molecule has 1 aliphatic heterocycles. The zero-order valence-electron chi connectivity index (χ0n) is 17.9. The number of esters is 1. The highest BCUT2D eigenvalue weighted by atomic mass is 16.5. The molecule has 1 N–H and O–H groups in total. The first-order chi connectivity index (χ1) is 16.0. The van der Waals surface area contributed by atoms with Gasteiger partial charge in [0.2, 0.25) is 0 Å². The molecule has 4 rings (SSSR count). The van der Waals surface area contributed by atoms with E-state index in [4.69, 9.17) is 4.74 Å². The van der Waals surface area contributed by atoms with E-state index in [9.17, 15) is 19.2 Å². The summed E-state index contributed by atoms with van der Waals surface area (Å²) < 4.78 is 5.25. The topological polar surface area (TPSA) is 92.8 Å². The Bertz CT molecular complexity index is 1120. The van der Waals surface area contributed by atoms with E-state index >= 15 is 0 Å². The summed E-state index contributed by atoms with van der Waals surface area (Å²) in [6.45, 7) is 0.882. The fourth-order valence-electron chi connectivity index (χ4n) is 3.71. The molecule has 0 fully saturated rings. The number of fused-ring (bicyclic) bond motifs is 1. The maximum Gasteiger partial charge on any atom is 0.326 e. The summed E-state index contributed by atoms with van der Waals surface area (Å²) in [5.74, 6) is -2.46. The van der Waals surface area contributed by atoms with Gasteiger partial charge in [0.1, 0.15) is 6.54 Å². The first-order valence-corrected chi connectivity index (χ1v) is 10.5. The molecule has 7 nitrogen and oxygen atoms in total. The van der Waals surface area contributed by atoms with Gasteiger partial charge in [-0.25, -0.2) is 0 Å². The van der Waals surface area contributed by atoms with Crippen molar-refractivity contribution < 1.29 is 23.9 Å². The molecule has 33 heavy (non-hydrogen) atoms. The molecule has 7 heteroatoms. The number of ether oxygens (including phenoxy) is 1. The number of benzene rings is 3. The Balaban J connectivity index is 1.41. The summed E-state index contributed by atoms with van der Waals surface area (Å²) in [5, 5.41) is 2.92. The summed E-state index contributed by atoms with van der Waals surface area (Å²) in [6, 6.07) is 24.8. The van der Waals surface area contributed by atoms with Gasteiger partial charge in [-0.3, -0.25) is 24.1 Å². The Morgan fingerprint density at radius 3 is 1.73 bits per heavy atom. The maximum absolute atomic E-state index is 12.8. The first kappa shape index (κ1) is 22.0. The van der Waals surface area contributed by atoms with Gasteiger partial charge in [-0.1, -0.05) is 72.8 Å². The molecule has 0 aromatic heterocycles. The molecule has 0 radical (unpaired) electrons. The molecular formula is C26H22N2O5. The third-order valence-electron chi connectivity index (χ3n) is 5.40. The number of imide groups is 1. The second-order valence-corrected chi connectivity index (χ2v) is 7.64. The van der Waals surface area contributed by atoms with Crippen LogP contribution in [0.1, 0.15) is 44.8 Å². The van der Waals surface area contributed by atoms with Crippen LogP contribution in [0.4, 0.5) is 0 Å². The van der Waals surface area contributed by atoms with Crippen LogP contribution in [0, 0.1) is 0 Å². The predicted octanol–water partition coefficient (Wildman–Crippen LogP) is 3.12. The molecule has 3 aromatic rings. The third-order valence-corrected chi connectivity index (χ3v) is 5.40. The number of hydrogen-bond acceptors (Lipinski definition) is 5. The van der Waals surface area contributed by atoms with Crippen molar-refractivity contribution >= 4 is 23.7 Å². The zero-order chi connectivity index (χ0) is 23.4. The van der Waals surface area contributed by atoms with E-state index in [1.807, 2.05) is 60.7 Å². The zero-order valence-corrected chi connectivity index (χ0v) is 17.9. The van der Waals surface area contributed by atoms with Gasteiger partial charge in [-0.15, -0.1) is 0 Å². The second kappa shape index (κ2) is 9.48. The van der Waals surface area contributed by atoms with Crippen molar-refractivity contribution in [2.24, 2.45) is 0 Å². The Kier molecular flexibility index (Phi) is 6.31. The average Bonchev–Trinajstić information content (AvgIpc) is 3.08. The van der Waals surface area contributed by atoms with Gasteiger partial charge < -0.3 is 10.1 Å². The van der Waals surface area contributed by atoms with Crippen molar-refractivity contribution in [1.29, 1.82) is 0 Å². The van der Waals surface area contributed by atoms with Crippen LogP contribution in [-0.2, 0) is 14.3 Å². The van der Waals surface area contributed by atoms with Crippen molar-refractivity contribution in [2.75, 3.05) is 6.54 Å². The molecule has 0 saturated carbocycles. The summed E-state index contributed by atoms with van der Waals surface area (Å²) >= 11 is 0. The largest absolute Gasteiger partial charge is 0.451 e. The first-order valence-electron chi connectivity index (χ1n) is 10.5. The van der Waals surface area contributed by atoms with E-state index in [1.165, 1.54) is 19.1 Å². The van der Waals surface area contributed by atoms with Crippen LogP contribution in [-0.4, -0.2) is 41.2 Å². The number of hydrogen-bond donors (Lipinski definition) is 1. The van der Waals surface area contributed by atoms with E-state index in [0.29, 0.717) is 0 Å². The van der Waals surface area contributed by atoms with E-state index < -0.39 is 42.4 Å². The number of amides is 3. The lowest BCUT2D eigenvalue weighted by molar-refractivity contribution is -0.155. The van der Waals surface area contributed by atoms with E-state index in [-0.39, 0.29) is 11.1 Å². The fraction of sp³-hybridized carbons (Fsp3) is 0.154.